The van der Waals surface area contributed by atoms with Gasteiger partial charge >= 0.3 is 0 Å². The van der Waals surface area contributed by atoms with Crippen LogP contribution < -0.4 is 4.74 Å². The highest BCUT2D eigenvalue weighted by Gasteiger charge is 2.23. The molecular weight excluding hydrogens is 286 g/mol. The molecule has 0 aliphatic carbocycles. The molecule has 0 saturated carbocycles. The summed E-state index contributed by atoms with van der Waals surface area (Å²) in [6.45, 7) is 8.79. The summed E-state index contributed by atoms with van der Waals surface area (Å²) >= 11 is 0. The summed E-state index contributed by atoms with van der Waals surface area (Å²) in [6.07, 6.45) is 4.71. The lowest BCUT2D eigenvalue weighted by molar-refractivity contribution is 0.000267. The Kier molecular flexibility index (Phi) is 5.79. The van der Waals surface area contributed by atoms with Crippen LogP contribution in [0.1, 0.15) is 51.2 Å². The Balaban J connectivity index is 0.000000188. The van der Waals surface area contributed by atoms with Crippen LogP contribution in [0.5, 0.6) is 5.75 Å². The van der Waals surface area contributed by atoms with E-state index in [9.17, 15) is 8.78 Å². The monoisotopic (exact) mass is 312 g/mol. The fraction of sp³-hybridized carbons (Fsp3) is 0.667. The Hall–Kier alpha value is -1.16. The Morgan fingerprint density at radius 3 is 2.32 bits per heavy atom. The van der Waals surface area contributed by atoms with Gasteiger partial charge in [0.05, 0.1) is 12.2 Å². The zero-order valence-electron chi connectivity index (χ0n) is 13.9. The highest BCUT2D eigenvalue weighted by atomic mass is 19.2. The van der Waals surface area contributed by atoms with Crippen LogP contribution in [0.25, 0.3) is 0 Å². The number of ether oxygens (including phenoxy) is 2. The predicted molar refractivity (Wildman–Crippen MR) is 83.3 cm³/mol. The lowest BCUT2D eigenvalue weighted by Gasteiger charge is -2.24. The molecule has 0 amide bonds. The molecule has 3 atom stereocenters. The quantitative estimate of drug-likeness (QED) is 0.684. The Bertz CT molecular complexity index is 498. The van der Waals surface area contributed by atoms with E-state index in [1.54, 1.807) is 13.0 Å². The van der Waals surface area contributed by atoms with Crippen LogP contribution in [0.15, 0.2) is 6.07 Å². The summed E-state index contributed by atoms with van der Waals surface area (Å²) in [6, 6.07) is 1.67. The van der Waals surface area contributed by atoms with Crippen LogP contribution >= 0.6 is 0 Å². The molecule has 2 heterocycles. The zero-order valence-corrected chi connectivity index (χ0v) is 13.9. The molecule has 1 saturated heterocycles. The van der Waals surface area contributed by atoms with Crippen LogP contribution in [-0.4, -0.2) is 18.8 Å². The van der Waals surface area contributed by atoms with E-state index in [0.29, 0.717) is 11.7 Å². The lowest BCUT2D eigenvalue weighted by Crippen LogP contribution is -2.21. The number of rotatable bonds is 0. The molecule has 124 valence electrons. The number of aryl methyl sites for hydroxylation is 2. The standard InChI is InChI=1S/C11H12F2O.C7H14O/c1-6-5-8-4-3-7(2)14-11(8)10(13)9(6)12;1-6-3-4-7(2)8-5-6/h5,7H,3-4H2,1-2H3;6-7H,3-5H2,1-2H3. The van der Waals surface area contributed by atoms with Gasteiger partial charge in [-0.1, -0.05) is 6.92 Å². The Morgan fingerprint density at radius 1 is 1.00 bits per heavy atom. The van der Waals surface area contributed by atoms with E-state index in [-0.39, 0.29) is 11.9 Å². The summed E-state index contributed by atoms with van der Waals surface area (Å²) < 4.78 is 37.3. The Labute approximate surface area is 131 Å². The molecule has 0 radical (unpaired) electrons. The predicted octanol–water partition coefficient (Wildman–Crippen LogP) is 4.81. The van der Waals surface area contributed by atoms with Gasteiger partial charge in [0.2, 0.25) is 5.82 Å². The van der Waals surface area contributed by atoms with Gasteiger partial charge in [-0.05, 0) is 69.6 Å². The smallest absolute Gasteiger partial charge is 0.201 e. The average Bonchev–Trinajstić information content (AvgIpc) is 2.50. The molecule has 0 spiro atoms. The van der Waals surface area contributed by atoms with Crippen molar-refractivity contribution >= 4 is 0 Å². The first-order valence-electron chi connectivity index (χ1n) is 8.14. The average molecular weight is 312 g/mol. The molecule has 1 aromatic carbocycles. The van der Waals surface area contributed by atoms with E-state index in [1.807, 2.05) is 6.92 Å². The van der Waals surface area contributed by atoms with Gasteiger partial charge in [0.25, 0.3) is 0 Å². The first-order valence-corrected chi connectivity index (χ1v) is 8.14. The van der Waals surface area contributed by atoms with Gasteiger partial charge in [0, 0.05) is 6.61 Å². The van der Waals surface area contributed by atoms with Gasteiger partial charge in [0.1, 0.15) is 0 Å². The van der Waals surface area contributed by atoms with E-state index in [2.05, 4.69) is 13.8 Å². The molecular formula is C18H26F2O2. The molecule has 2 nitrogen and oxygen atoms in total. The number of hydrogen-bond acceptors (Lipinski definition) is 2. The summed E-state index contributed by atoms with van der Waals surface area (Å²) in [4.78, 5) is 0. The molecule has 22 heavy (non-hydrogen) atoms. The van der Waals surface area contributed by atoms with Crippen LogP contribution in [0, 0.1) is 24.5 Å². The largest absolute Gasteiger partial charge is 0.487 e. The van der Waals surface area contributed by atoms with Gasteiger partial charge in [-0.15, -0.1) is 0 Å². The number of benzene rings is 1. The van der Waals surface area contributed by atoms with E-state index >= 15 is 0 Å². The third-order valence-electron chi connectivity index (χ3n) is 4.29. The maximum atomic E-state index is 13.4. The van der Waals surface area contributed by atoms with Crippen LogP contribution in [-0.2, 0) is 11.2 Å². The second kappa shape index (κ2) is 7.40. The van der Waals surface area contributed by atoms with E-state index in [1.165, 1.54) is 12.8 Å². The third-order valence-corrected chi connectivity index (χ3v) is 4.29. The fourth-order valence-electron chi connectivity index (χ4n) is 2.75. The molecule has 4 heteroatoms. The fourth-order valence-corrected chi connectivity index (χ4v) is 2.75. The highest BCUT2D eigenvalue weighted by molar-refractivity contribution is 5.40. The van der Waals surface area contributed by atoms with Gasteiger partial charge in [0.15, 0.2) is 11.6 Å². The number of hydrogen-bond donors (Lipinski definition) is 0. The zero-order chi connectivity index (χ0) is 16.3. The van der Waals surface area contributed by atoms with Gasteiger partial charge in [-0.3, -0.25) is 0 Å². The van der Waals surface area contributed by atoms with Crippen molar-refractivity contribution in [2.24, 2.45) is 5.92 Å². The van der Waals surface area contributed by atoms with Crippen molar-refractivity contribution in [2.75, 3.05) is 6.61 Å². The van der Waals surface area contributed by atoms with Crippen molar-refractivity contribution in [3.8, 4) is 5.75 Å². The first-order chi connectivity index (χ1) is 10.4. The number of halogens is 2. The molecule has 1 fully saturated rings. The summed E-state index contributed by atoms with van der Waals surface area (Å²) in [7, 11) is 0. The topological polar surface area (TPSA) is 18.5 Å². The summed E-state index contributed by atoms with van der Waals surface area (Å²) in [5, 5.41) is 0. The Morgan fingerprint density at radius 2 is 1.73 bits per heavy atom. The molecule has 3 rings (SSSR count). The molecule has 2 aliphatic rings. The van der Waals surface area contributed by atoms with Crippen molar-refractivity contribution in [1.29, 1.82) is 0 Å². The van der Waals surface area contributed by atoms with Crippen molar-refractivity contribution in [3.05, 3.63) is 28.8 Å². The van der Waals surface area contributed by atoms with Crippen molar-refractivity contribution < 1.29 is 18.3 Å². The highest BCUT2D eigenvalue weighted by Crippen LogP contribution is 2.33. The van der Waals surface area contributed by atoms with Crippen molar-refractivity contribution in [3.63, 3.8) is 0 Å². The van der Waals surface area contributed by atoms with E-state index in [0.717, 1.165) is 30.9 Å². The van der Waals surface area contributed by atoms with E-state index < -0.39 is 11.6 Å². The van der Waals surface area contributed by atoms with Gasteiger partial charge in [-0.2, -0.15) is 4.39 Å². The van der Waals surface area contributed by atoms with Crippen LogP contribution in [0.3, 0.4) is 0 Å². The maximum Gasteiger partial charge on any atom is 0.201 e. The van der Waals surface area contributed by atoms with E-state index in [4.69, 9.17) is 9.47 Å². The third kappa shape index (κ3) is 4.19. The van der Waals surface area contributed by atoms with Gasteiger partial charge < -0.3 is 9.47 Å². The van der Waals surface area contributed by atoms with Crippen molar-refractivity contribution in [1.82, 2.24) is 0 Å². The molecule has 0 bridgehead atoms. The van der Waals surface area contributed by atoms with Crippen LogP contribution in [0.2, 0.25) is 0 Å². The second-order valence-corrected chi connectivity index (χ2v) is 6.60. The minimum atomic E-state index is -0.841. The molecule has 1 aromatic rings. The molecule has 3 unspecified atom stereocenters. The summed E-state index contributed by atoms with van der Waals surface area (Å²) in [5.41, 5.74) is 1.12. The lowest BCUT2D eigenvalue weighted by atomic mass is 10.0. The minimum absolute atomic E-state index is 0.0286. The molecule has 0 aromatic heterocycles. The van der Waals surface area contributed by atoms with Crippen molar-refractivity contribution in [2.45, 2.75) is 65.6 Å². The van der Waals surface area contributed by atoms with Gasteiger partial charge in [-0.25, -0.2) is 4.39 Å². The number of fused-ring (bicyclic) bond motifs is 1. The van der Waals surface area contributed by atoms with Crippen LogP contribution in [0.4, 0.5) is 8.78 Å². The molecule has 2 aliphatic heterocycles. The second-order valence-electron chi connectivity index (χ2n) is 6.60. The minimum Gasteiger partial charge on any atom is -0.487 e. The first kappa shape index (κ1) is 17.2. The molecule has 0 N–H and O–H groups in total. The SMILES string of the molecule is CC1CCC(C)OC1.Cc1cc2c(c(F)c1F)OC(C)CC2. The normalized spacial score (nSPS) is 27.3. The maximum absolute atomic E-state index is 13.4. The summed E-state index contributed by atoms with van der Waals surface area (Å²) in [5.74, 6) is -0.734.